The van der Waals surface area contributed by atoms with Crippen molar-refractivity contribution in [1.29, 1.82) is 0 Å². The third-order valence-electron chi connectivity index (χ3n) is 4.90. The van der Waals surface area contributed by atoms with Crippen molar-refractivity contribution in [2.45, 2.75) is 37.2 Å². The van der Waals surface area contributed by atoms with Crippen LogP contribution in [0, 0.1) is 0 Å². The first-order valence-corrected chi connectivity index (χ1v) is 10.2. The predicted molar refractivity (Wildman–Crippen MR) is 117 cm³/mol. The number of benzene rings is 1. The summed E-state index contributed by atoms with van der Waals surface area (Å²) in [5.74, 6) is -0.723. The molecule has 0 saturated heterocycles. The van der Waals surface area contributed by atoms with E-state index >= 15 is 0 Å². The van der Waals surface area contributed by atoms with E-state index in [-0.39, 0.29) is 23.0 Å². The summed E-state index contributed by atoms with van der Waals surface area (Å²) in [6.45, 7) is 5.33. The van der Waals surface area contributed by atoms with E-state index in [1.807, 2.05) is 13.8 Å². The fraction of sp³-hybridized carbons (Fsp3) is 0.350. The number of nitrogen functional groups attached to an aromatic ring is 1. The normalized spacial score (nSPS) is 12.5. The number of nitrogens with two attached hydrogens (primary N) is 1. The number of anilines is 1. The second-order valence-electron chi connectivity index (χ2n) is 7.27. The van der Waals surface area contributed by atoms with Crippen molar-refractivity contribution in [2.75, 3.05) is 5.73 Å². The molecule has 158 valence electrons. The fourth-order valence-electron chi connectivity index (χ4n) is 3.17. The number of fused-ring (bicyclic) bond motifs is 1. The Kier molecular flexibility index (Phi) is 5.71. The molecular formula is C20H23N5O4S. The van der Waals surface area contributed by atoms with Crippen LogP contribution in [0.3, 0.4) is 0 Å². The molecule has 1 aromatic carbocycles. The Morgan fingerprint density at radius 3 is 2.30 bits per heavy atom. The van der Waals surface area contributed by atoms with Crippen LogP contribution in [0.2, 0.25) is 0 Å². The maximum absolute atomic E-state index is 13.1. The van der Waals surface area contributed by atoms with Crippen LogP contribution >= 0.6 is 11.8 Å². The van der Waals surface area contributed by atoms with Gasteiger partial charge in [-0.3, -0.25) is 28.1 Å². The number of hydrogen-bond acceptors (Lipinski definition) is 7. The summed E-state index contributed by atoms with van der Waals surface area (Å²) < 4.78 is 3.43. The molecule has 0 fully saturated rings. The molecule has 2 aromatic heterocycles. The second-order valence-corrected chi connectivity index (χ2v) is 8.58. The summed E-state index contributed by atoms with van der Waals surface area (Å²) in [6.07, 6.45) is 0. The zero-order valence-corrected chi connectivity index (χ0v) is 18.2. The highest BCUT2D eigenvalue weighted by atomic mass is 32.2. The summed E-state index contributed by atoms with van der Waals surface area (Å²) in [5.41, 5.74) is 4.63. The van der Waals surface area contributed by atoms with Crippen molar-refractivity contribution in [3.63, 3.8) is 0 Å². The number of aromatic nitrogens is 4. The molecule has 0 aliphatic heterocycles. The maximum atomic E-state index is 13.1. The average molecular weight is 430 g/mol. The van der Waals surface area contributed by atoms with Gasteiger partial charge in [-0.2, -0.15) is 0 Å². The Balaban J connectivity index is 2.10. The maximum Gasteiger partial charge on any atom is 0.332 e. The number of Topliss-reactive ketones (excluding diaryl/α,β-unsaturated/α-hetero) is 1. The van der Waals surface area contributed by atoms with Gasteiger partial charge in [0.2, 0.25) is 0 Å². The first-order valence-electron chi connectivity index (χ1n) is 9.33. The Bertz CT molecular complexity index is 1340. The molecule has 2 N–H and O–H groups in total. The topological polar surface area (TPSA) is 122 Å². The number of para-hydroxylation sites is 1. The number of nitrogens with zero attached hydrogens (tertiary/aromatic N) is 4. The van der Waals surface area contributed by atoms with Gasteiger partial charge in [-0.05, 0) is 32.9 Å². The lowest BCUT2D eigenvalue weighted by Crippen LogP contribution is -2.42. The molecule has 30 heavy (non-hydrogen) atoms. The molecule has 0 aliphatic carbocycles. The van der Waals surface area contributed by atoms with E-state index < -0.39 is 22.3 Å². The lowest BCUT2D eigenvalue weighted by molar-refractivity contribution is 0.0992. The molecule has 0 radical (unpaired) electrons. The summed E-state index contributed by atoms with van der Waals surface area (Å²) >= 11 is 1.08. The Labute approximate surface area is 176 Å². The van der Waals surface area contributed by atoms with E-state index in [4.69, 9.17) is 5.73 Å². The number of carbonyl (C=O) groups is 1. The van der Waals surface area contributed by atoms with Gasteiger partial charge < -0.3 is 5.73 Å². The lowest BCUT2D eigenvalue weighted by atomic mass is 10.1. The van der Waals surface area contributed by atoms with Crippen LogP contribution in [0.25, 0.3) is 10.9 Å². The molecule has 0 bridgehead atoms. The Morgan fingerprint density at radius 1 is 1.03 bits per heavy atom. The molecule has 0 saturated carbocycles. The highest BCUT2D eigenvalue weighted by molar-refractivity contribution is 8.00. The molecule has 1 unspecified atom stereocenters. The minimum Gasteiger partial charge on any atom is -0.384 e. The van der Waals surface area contributed by atoms with E-state index in [2.05, 4.69) is 4.98 Å². The van der Waals surface area contributed by atoms with Gasteiger partial charge in [0.05, 0.1) is 16.2 Å². The molecule has 3 aromatic rings. The summed E-state index contributed by atoms with van der Waals surface area (Å²) in [7, 11) is 2.69. The van der Waals surface area contributed by atoms with Crippen LogP contribution in [0.15, 0.2) is 43.8 Å². The standard InChI is InChI=1S/C20H23N5O4S/c1-10(2)25-17(27)12-8-6-7-9-13(12)22-19(25)30-11(3)15(26)14-16(21)23(4)20(29)24(5)18(14)28/h6-11H,21H2,1-5H3. The molecule has 9 nitrogen and oxygen atoms in total. The largest absolute Gasteiger partial charge is 0.384 e. The average Bonchev–Trinajstić information content (AvgIpc) is 2.70. The molecule has 1 atom stereocenters. The highest BCUT2D eigenvalue weighted by Gasteiger charge is 2.27. The van der Waals surface area contributed by atoms with Crippen molar-refractivity contribution < 1.29 is 4.79 Å². The van der Waals surface area contributed by atoms with Gasteiger partial charge in [0.25, 0.3) is 11.1 Å². The zero-order valence-electron chi connectivity index (χ0n) is 17.4. The van der Waals surface area contributed by atoms with Gasteiger partial charge in [-0.1, -0.05) is 23.9 Å². The number of thioether (sulfide) groups is 1. The Hall–Kier alpha value is -3.14. The predicted octanol–water partition coefficient (Wildman–Crippen LogP) is 1.32. The first kappa shape index (κ1) is 21.6. The fourth-order valence-corrected chi connectivity index (χ4v) is 4.27. The molecule has 10 heteroatoms. The molecular weight excluding hydrogens is 406 g/mol. The van der Waals surface area contributed by atoms with Crippen molar-refractivity contribution in [3.8, 4) is 0 Å². The molecule has 0 aliphatic rings. The van der Waals surface area contributed by atoms with E-state index in [1.54, 1.807) is 31.2 Å². The van der Waals surface area contributed by atoms with Gasteiger partial charge >= 0.3 is 5.69 Å². The van der Waals surface area contributed by atoms with Crippen molar-refractivity contribution in [3.05, 3.63) is 61.0 Å². The minimum atomic E-state index is -0.768. The van der Waals surface area contributed by atoms with Crippen LogP contribution in [-0.2, 0) is 14.1 Å². The Morgan fingerprint density at radius 2 is 1.67 bits per heavy atom. The smallest absolute Gasteiger partial charge is 0.332 e. The van der Waals surface area contributed by atoms with Crippen molar-refractivity contribution in [1.82, 2.24) is 18.7 Å². The number of hydrogen-bond donors (Lipinski definition) is 1. The van der Waals surface area contributed by atoms with Gasteiger partial charge in [-0.25, -0.2) is 9.78 Å². The van der Waals surface area contributed by atoms with Crippen LogP contribution in [0.5, 0.6) is 0 Å². The van der Waals surface area contributed by atoms with E-state index in [0.717, 1.165) is 20.9 Å². The molecule has 2 heterocycles. The third-order valence-corrected chi connectivity index (χ3v) is 5.97. The van der Waals surface area contributed by atoms with Crippen LogP contribution < -0.4 is 22.5 Å². The van der Waals surface area contributed by atoms with Crippen molar-refractivity contribution in [2.24, 2.45) is 14.1 Å². The molecule has 0 amide bonds. The lowest BCUT2D eigenvalue weighted by Gasteiger charge is -2.19. The van der Waals surface area contributed by atoms with E-state index in [0.29, 0.717) is 16.1 Å². The van der Waals surface area contributed by atoms with Gasteiger partial charge in [-0.15, -0.1) is 0 Å². The quantitative estimate of drug-likeness (QED) is 0.369. The van der Waals surface area contributed by atoms with Gasteiger partial charge in [0.1, 0.15) is 11.4 Å². The van der Waals surface area contributed by atoms with Crippen LogP contribution in [0.1, 0.15) is 37.2 Å². The van der Waals surface area contributed by atoms with E-state index in [9.17, 15) is 19.2 Å². The van der Waals surface area contributed by atoms with Crippen LogP contribution in [0.4, 0.5) is 5.82 Å². The summed E-state index contributed by atoms with van der Waals surface area (Å²) in [4.78, 5) is 55.2. The number of rotatable bonds is 5. The van der Waals surface area contributed by atoms with Crippen molar-refractivity contribution >= 4 is 34.3 Å². The first-order chi connectivity index (χ1) is 14.1. The zero-order chi connectivity index (χ0) is 22.3. The molecule has 3 rings (SSSR count). The van der Waals surface area contributed by atoms with Crippen LogP contribution in [-0.4, -0.2) is 29.7 Å². The second kappa shape index (κ2) is 7.94. The minimum absolute atomic E-state index is 0.185. The molecule has 0 spiro atoms. The third kappa shape index (κ3) is 3.47. The highest BCUT2D eigenvalue weighted by Crippen LogP contribution is 2.27. The summed E-state index contributed by atoms with van der Waals surface area (Å²) in [5, 5.41) is 0.0935. The van der Waals surface area contributed by atoms with Gasteiger partial charge in [0.15, 0.2) is 10.9 Å². The summed E-state index contributed by atoms with van der Waals surface area (Å²) in [6, 6.07) is 6.81. The monoisotopic (exact) mass is 429 g/mol. The number of ketones is 1. The number of carbonyl (C=O) groups excluding carboxylic acids is 1. The van der Waals surface area contributed by atoms with E-state index in [1.165, 1.54) is 18.7 Å². The van der Waals surface area contributed by atoms with Gasteiger partial charge in [0, 0.05) is 20.1 Å². The SMILES string of the molecule is CC(Sc1nc2ccccc2c(=O)n1C(C)C)C(=O)c1c(N)n(C)c(=O)n(C)c1=O.